The molecule has 0 aliphatic heterocycles. The van der Waals surface area contributed by atoms with Crippen LogP contribution in [-0.2, 0) is 26.2 Å². The van der Waals surface area contributed by atoms with E-state index in [0.29, 0.717) is 0 Å². The average molecular weight is 248 g/mol. The van der Waals surface area contributed by atoms with Crippen molar-refractivity contribution >= 4 is 0 Å². The Balaban J connectivity index is 0.000000845. The zero-order chi connectivity index (χ0) is 8.39. The summed E-state index contributed by atoms with van der Waals surface area (Å²) >= 11 is 0. The molecule has 0 aromatic heterocycles. The Labute approximate surface area is 99.2 Å². The van der Waals surface area contributed by atoms with Gasteiger partial charge in [0.05, 0.1) is 0 Å². The van der Waals surface area contributed by atoms with E-state index in [1.165, 1.54) is 17.1 Å². The van der Waals surface area contributed by atoms with E-state index in [1.807, 2.05) is 0 Å². The summed E-state index contributed by atoms with van der Waals surface area (Å²) < 4.78 is 0. The minimum Gasteiger partial charge on any atom is -0.155 e. The number of hydrogen-bond acceptors (Lipinski definition) is 0. The van der Waals surface area contributed by atoms with Crippen molar-refractivity contribution in [3.8, 4) is 0 Å². The van der Waals surface area contributed by atoms with E-state index in [-0.39, 0.29) is 26.2 Å². The Hall–Kier alpha value is -0.287. The molecule has 0 unspecified atom stereocenters. The Kier molecular flexibility index (Phi) is 4.00. The van der Waals surface area contributed by atoms with E-state index < -0.39 is 0 Å². The first kappa shape index (κ1) is 10.8. The molecule has 0 fully saturated rings. The van der Waals surface area contributed by atoms with Crippen molar-refractivity contribution in [3.63, 3.8) is 0 Å². The normalized spacial score (nSPS) is 18.2. The van der Waals surface area contributed by atoms with Crippen LogP contribution in [0.2, 0.25) is 0 Å². The summed E-state index contributed by atoms with van der Waals surface area (Å²) in [5, 5.41) is 0. The molecule has 2 aliphatic carbocycles. The van der Waals surface area contributed by atoms with Crippen LogP contribution in [0.15, 0.2) is 47.6 Å². The van der Waals surface area contributed by atoms with Crippen molar-refractivity contribution in [2.24, 2.45) is 0 Å². The van der Waals surface area contributed by atoms with Crippen LogP contribution in [0.1, 0.15) is 19.8 Å². The Bertz CT molecular complexity index is 262. The maximum atomic E-state index is 2.22. The second-order valence-electron chi connectivity index (χ2n) is 3.27. The minimum atomic E-state index is 0. The molecule has 0 bridgehead atoms. The topological polar surface area (TPSA) is 0 Å². The van der Waals surface area contributed by atoms with Gasteiger partial charge in [-0.3, -0.25) is 0 Å². The molecule has 0 spiro atoms. The zero-order valence-electron chi connectivity index (χ0n) is 7.88. The third-order valence-electron chi connectivity index (χ3n) is 2.51. The van der Waals surface area contributed by atoms with Crippen molar-refractivity contribution < 1.29 is 26.2 Å². The Morgan fingerprint density at radius 3 is 1.77 bits per heavy atom. The van der Waals surface area contributed by atoms with Gasteiger partial charge in [0.1, 0.15) is 0 Å². The van der Waals surface area contributed by atoms with Gasteiger partial charge in [-0.1, -0.05) is 19.1 Å². The molecule has 1 heteroatoms. The molecule has 0 aromatic rings. The molecule has 0 heterocycles. The molecule has 13 heavy (non-hydrogen) atoms. The van der Waals surface area contributed by atoms with Crippen LogP contribution in [0.3, 0.4) is 0 Å². The van der Waals surface area contributed by atoms with Crippen molar-refractivity contribution in [3.05, 3.63) is 53.5 Å². The van der Waals surface area contributed by atoms with Gasteiger partial charge in [0.15, 0.2) is 0 Å². The maximum absolute atomic E-state index is 2.22. The van der Waals surface area contributed by atoms with Crippen molar-refractivity contribution in [2.75, 3.05) is 0 Å². The quantitative estimate of drug-likeness (QED) is 0.658. The summed E-state index contributed by atoms with van der Waals surface area (Å²) in [7, 11) is 0. The molecule has 0 nitrogen and oxygen atoms in total. The second-order valence-corrected chi connectivity index (χ2v) is 3.27. The van der Waals surface area contributed by atoms with Crippen molar-refractivity contribution in [2.45, 2.75) is 19.8 Å². The monoisotopic (exact) mass is 247 g/mol. The van der Waals surface area contributed by atoms with Gasteiger partial charge in [-0.25, -0.2) is 0 Å². The molecule has 2 rings (SSSR count). The fourth-order valence-electron chi connectivity index (χ4n) is 1.66. The van der Waals surface area contributed by atoms with Crippen LogP contribution < -0.4 is 0 Å². The zero-order valence-corrected chi connectivity index (χ0v) is 10.3. The van der Waals surface area contributed by atoms with E-state index in [4.69, 9.17) is 0 Å². The first-order valence-corrected chi connectivity index (χ1v) is 4.43. The first-order valence-electron chi connectivity index (χ1n) is 4.43. The van der Waals surface area contributed by atoms with Gasteiger partial charge in [0, 0.05) is 26.2 Å². The summed E-state index contributed by atoms with van der Waals surface area (Å²) in [5.41, 5.74) is 2.95. The van der Waals surface area contributed by atoms with Crippen LogP contribution in [0, 0.1) is 5.92 Å². The first-order chi connectivity index (χ1) is 5.88. The van der Waals surface area contributed by atoms with Crippen LogP contribution >= 0.6 is 0 Å². The molecule has 0 aromatic carbocycles. The smallest absolute Gasteiger partial charge is 0 e. The summed E-state index contributed by atoms with van der Waals surface area (Å²) in [6, 6.07) is 0. The third-order valence-corrected chi connectivity index (χ3v) is 2.51. The van der Waals surface area contributed by atoms with Gasteiger partial charge in [0.25, 0.3) is 0 Å². The number of hydrogen-bond donors (Lipinski definition) is 0. The van der Waals surface area contributed by atoms with Gasteiger partial charge >= 0.3 is 0 Å². The van der Waals surface area contributed by atoms with Crippen LogP contribution in [0.25, 0.3) is 0 Å². The van der Waals surface area contributed by atoms with Crippen LogP contribution in [-0.4, -0.2) is 0 Å². The second kappa shape index (κ2) is 4.81. The fourth-order valence-corrected chi connectivity index (χ4v) is 1.66. The standard InChI is InChI=1S/C12H13.Zr/c1-10(11-6-2-3-7-11)12-8-4-5-9-12;/h2-6,8H,7,9H2,1H3;/q-1;. The van der Waals surface area contributed by atoms with E-state index in [1.54, 1.807) is 0 Å². The molecule has 0 saturated carbocycles. The predicted molar refractivity (Wildman–Crippen MR) is 52.6 cm³/mol. The van der Waals surface area contributed by atoms with E-state index in [0.717, 1.165) is 12.8 Å². The maximum Gasteiger partial charge on any atom is 0 e. The fraction of sp³-hybridized carbons (Fsp3) is 0.250. The summed E-state index contributed by atoms with van der Waals surface area (Å²) in [6.07, 6.45) is 15.4. The van der Waals surface area contributed by atoms with Gasteiger partial charge in [-0.2, -0.15) is 18.1 Å². The molecular weight excluding hydrogens is 235 g/mol. The number of allylic oxidation sites excluding steroid dienone is 8. The van der Waals surface area contributed by atoms with E-state index >= 15 is 0 Å². The summed E-state index contributed by atoms with van der Waals surface area (Å²) in [6.45, 7) is 2.22. The SMILES string of the molecule is C[C-](C1=CC=CC1)C1=CC=CC1.[Zr]. The minimum absolute atomic E-state index is 0. The predicted octanol–water partition coefficient (Wildman–Crippen LogP) is 3.35. The Morgan fingerprint density at radius 1 is 1.00 bits per heavy atom. The third kappa shape index (κ3) is 2.34. The van der Waals surface area contributed by atoms with Gasteiger partial charge in [-0.15, -0.1) is 23.3 Å². The van der Waals surface area contributed by atoms with Gasteiger partial charge in [-0.05, 0) is 12.8 Å². The van der Waals surface area contributed by atoms with Crippen LogP contribution in [0.5, 0.6) is 0 Å². The van der Waals surface area contributed by atoms with E-state index in [2.05, 4.69) is 43.4 Å². The molecule has 0 radical (unpaired) electrons. The summed E-state index contributed by atoms with van der Waals surface area (Å²) in [5.74, 6) is 1.46. The van der Waals surface area contributed by atoms with Crippen LogP contribution in [0.4, 0.5) is 0 Å². The Morgan fingerprint density at radius 2 is 1.46 bits per heavy atom. The van der Waals surface area contributed by atoms with Crippen molar-refractivity contribution in [1.29, 1.82) is 0 Å². The van der Waals surface area contributed by atoms with Gasteiger partial charge in [0.2, 0.25) is 0 Å². The molecule has 0 amide bonds. The molecule has 66 valence electrons. The molecule has 0 atom stereocenters. The van der Waals surface area contributed by atoms with Crippen molar-refractivity contribution in [1.82, 2.24) is 0 Å². The molecule has 0 N–H and O–H groups in total. The summed E-state index contributed by atoms with van der Waals surface area (Å²) in [4.78, 5) is 0. The van der Waals surface area contributed by atoms with E-state index in [9.17, 15) is 0 Å². The molecular formula is C12H13Zr-. The van der Waals surface area contributed by atoms with Gasteiger partial charge < -0.3 is 0 Å². The largest absolute Gasteiger partial charge is 0.155 e. The molecule has 0 saturated heterocycles. The number of rotatable bonds is 2. The average Bonchev–Trinajstić information content (AvgIpc) is 2.77. The molecule has 2 aliphatic rings.